The van der Waals surface area contributed by atoms with Crippen molar-refractivity contribution in [2.75, 3.05) is 13.1 Å². The van der Waals surface area contributed by atoms with E-state index in [0.717, 1.165) is 23.1 Å². The number of alkyl carbamates (subject to hydrolysis) is 2. The number of amidine groups is 1. The van der Waals surface area contributed by atoms with Crippen LogP contribution in [0.4, 0.5) is 9.59 Å². The summed E-state index contributed by atoms with van der Waals surface area (Å²) in [4.78, 5) is 85.4. The quantitative estimate of drug-likeness (QED) is 0.0592. The van der Waals surface area contributed by atoms with Gasteiger partial charge in [0.2, 0.25) is 23.6 Å². The maximum atomic E-state index is 14.1. The first kappa shape index (κ1) is 53.0. The number of ether oxygens (including phenoxy) is 2. The molecule has 3 rings (SSSR count). The summed E-state index contributed by atoms with van der Waals surface area (Å²) < 4.78 is 10.9. The highest BCUT2D eigenvalue weighted by Crippen LogP contribution is 2.20. The van der Waals surface area contributed by atoms with Crippen LogP contribution in [0.25, 0.3) is 0 Å². The molecule has 0 spiro atoms. The second kappa shape index (κ2) is 26.4. The molecule has 2 aromatic carbocycles. The van der Waals surface area contributed by atoms with E-state index in [-0.39, 0.29) is 43.1 Å². The summed E-state index contributed by atoms with van der Waals surface area (Å²) in [6, 6.07) is 15.3. The maximum absolute atomic E-state index is 14.1. The van der Waals surface area contributed by atoms with Crippen molar-refractivity contribution in [2.45, 2.75) is 143 Å². The zero-order chi connectivity index (χ0) is 47.4. The molecule has 6 atom stereocenters. The van der Waals surface area contributed by atoms with E-state index in [0.29, 0.717) is 24.6 Å². The number of carbonyl (C=O) groups excluding carboxylic acids is 6. The molecule has 0 bridgehead atoms. The molecule has 1 aliphatic rings. The van der Waals surface area contributed by atoms with Gasteiger partial charge in [0.05, 0.1) is 12.0 Å². The van der Waals surface area contributed by atoms with Gasteiger partial charge in [-0.05, 0) is 82.8 Å². The molecule has 64 heavy (non-hydrogen) atoms. The SMILES string of the molecule is C/C(=C\[C@@H](C)C(=O)N[C@H](C(=O)N[C@H](CCCNC(=O)OCc1ccccc1)C(=O)N[C@@H](CC(C)C)C(=O)NC1=NCCC(C)S1)C(C)C)[C@@H](Cc1ccccc1)NC(=O)OC(C)(C)C. The van der Waals surface area contributed by atoms with Crippen LogP contribution in [0.15, 0.2) is 77.3 Å². The van der Waals surface area contributed by atoms with Gasteiger partial charge in [0.25, 0.3) is 0 Å². The van der Waals surface area contributed by atoms with Crippen molar-refractivity contribution in [2.24, 2.45) is 22.7 Å². The maximum Gasteiger partial charge on any atom is 0.408 e. The molecule has 0 aromatic heterocycles. The number of nitrogens with zero attached hydrogens (tertiary/aromatic N) is 1. The van der Waals surface area contributed by atoms with Crippen molar-refractivity contribution in [1.82, 2.24) is 31.9 Å². The van der Waals surface area contributed by atoms with Crippen molar-refractivity contribution >= 4 is 52.7 Å². The molecule has 16 heteroatoms. The second-order valence-electron chi connectivity index (χ2n) is 18.1. The number of hydrogen-bond acceptors (Lipinski definition) is 10. The fourth-order valence-corrected chi connectivity index (χ4v) is 7.63. The van der Waals surface area contributed by atoms with Crippen molar-refractivity contribution in [3.05, 3.63) is 83.4 Å². The summed E-state index contributed by atoms with van der Waals surface area (Å²) >= 11 is 1.47. The van der Waals surface area contributed by atoms with Gasteiger partial charge in [-0.15, -0.1) is 0 Å². The lowest BCUT2D eigenvalue weighted by molar-refractivity contribution is -0.134. The molecule has 0 radical (unpaired) electrons. The van der Waals surface area contributed by atoms with Gasteiger partial charge in [-0.3, -0.25) is 24.2 Å². The third-order valence-electron chi connectivity index (χ3n) is 10.2. The predicted octanol–water partition coefficient (Wildman–Crippen LogP) is 6.57. The smallest absolute Gasteiger partial charge is 0.408 e. The highest BCUT2D eigenvalue weighted by molar-refractivity contribution is 8.14. The van der Waals surface area contributed by atoms with E-state index < -0.39 is 71.5 Å². The number of rotatable bonds is 21. The van der Waals surface area contributed by atoms with E-state index >= 15 is 0 Å². The molecule has 6 amide bonds. The zero-order valence-corrected chi connectivity index (χ0v) is 40.1. The molecular weight excluding hydrogens is 835 g/mol. The predicted molar refractivity (Wildman–Crippen MR) is 252 cm³/mol. The monoisotopic (exact) mass is 906 g/mol. The number of benzene rings is 2. The first-order valence-corrected chi connectivity index (χ1v) is 23.2. The highest BCUT2D eigenvalue weighted by Gasteiger charge is 2.33. The summed E-state index contributed by atoms with van der Waals surface area (Å²) in [5, 5.41) is 17.9. The third-order valence-corrected chi connectivity index (χ3v) is 11.2. The summed E-state index contributed by atoms with van der Waals surface area (Å²) in [5.41, 5.74) is 1.82. The Kier molecular flexibility index (Phi) is 21.9. The van der Waals surface area contributed by atoms with Crippen LogP contribution in [0.1, 0.15) is 106 Å². The molecule has 1 aliphatic heterocycles. The molecule has 2 aromatic rings. The van der Waals surface area contributed by atoms with Gasteiger partial charge in [-0.1, -0.05) is 126 Å². The summed E-state index contributed by atoms with van der Waals surface area (Å²) in [6.45, 7) is 19.2. The van der Waals surface area contributed by atoms with Crippen LogP contribution in [0.5, 0.6) is 0 Å². The molecule has 352 valence electrons. The first-order chi connectivity index (χ1) is 30.2. The summed E-state index contributed by atoms with van der Waals surface area (Å²) in [7, 11) is 0. The summed E-state index contributed by atoms with van der Waals surface area (Å²) in [5.74, 6) is -3.09. The number of thioether (sulfide) groups is 1. The van der Waals surface area contributed by atoms with Gasteiger partial charge >= 0.3 is 12.2 Å². The van der Waals surface area contributed by atoms with Crippen LogP contribution in [0.2, 0.25) is 0 Å². The van der Waals surface area contributed by atoms with E-state index in [4.69, 9.17) is 9.47 Å². The van der Waals surface area contributed by atoms with Crippen molar-refractivity contribution in [1.29, 1.82) is 0 Å². The van der Waals surface area contributed by atoms with Crippen molar-refractivity contribution in [3.8, 4) is 0 Å². The minimum atomic E-state index is -1.13. The van der Waals surface area contributed by atoms with E-state index in [1.54, 1.807) is 47.6 Å². The van der Waals surface area contributed by atoms with Gasteiger partial charge in [-0.2, -0.15) is 0 Å². The average molecular weight is 906 g/mol. The Morgan fingerprint density at radius 2 is 1.41 bits per heavy atom. The van der Waals surface area contributed by atoms with E-state index in [9.17, 15) is 28.8 Å². The van der Waals surface area contributed by atoms with Crippen LogP contribution in [0, 0.1) is 17.8 Å². The molecule has 15 nitrogen and oxygen atoms in total. The number of nitrogens with one attached hydrogen (secondary N) is 6. The highest BCUT2D eigenvalue weighted by atomic mass is 32.2. The topological polar surface area (TPSA) is 205 Å². The average Bonchev–Trinajstić information content (AvgIpc) is 3.22. The van der Waals surface area contributed by atoms with E-state index in [2.05, 4.69) is 43.8 Å². The van der Waals surface area contributed by atoms with E-state index in [1.807, 2.05) is 81.4 Å². The van der Waals surface area contributed by atoms with Gasteiger partial charge in [0.15, 0.2) is 5.17 Å². The largest absolute Gasteiger partial charge is 0.445 e. The Bertz CT molecular complexity index is 1900. The lowest BCUT2D eigenvalue weighted by Gasteiger charge is -2.28. The number of carbonyl (C=O) groups is 6. The molecule has 0 saturated carbocycles. The van der Waals surface area contributed by atoms with Crippen LogP contribution in [-0.2, 0) is 41.7 Å². The fourth-order valence-electron chi connectivity index (χ4n) is 6.70. The number of hydrogen-bond donors (Lipinski definition) is 6. The third kappa shape index (κ3) is 20.0. The molecule has 6 N–H and O–H groups in total. The zero-order valence-electron chi connectivity index (χ0n) is 39.2. The van der Waals surface area contributed by atoms with E-state index in [1.165, 1.54) is 11.8 Å². The lowest BCUT2D eigenvalue weighted by Crippen LogP contribution is -2.58. The molecule has 0 fully saturated rings. The lowest BCUT2D eigenvalue weighted by atomic mass is 9.96. The number of amides is 6. The molecule has 1 heterocycles. The second-order valence-corrected chi connectivity index (χ2v) is 19.5. The van der Waals surface area contributed by atoms with Gasteiger partial charge in [0, 0.05) is 18.3 Å². The van der Waals surface area contributed by atoms with Gasteiger partial charge in [0.1, 0.15) is 30.3 Å². The molecule has 0 aliphatic carbocycles. The Labute approximate surface area is 383 Å². The minimum Gasteiger partial charge on any atom is -0.445 e. The molecule has 1 unspecified atom stereocenters. The van der Waals surface area contributed by atoms with Crippen molar-refractivity contribution < 1.29 is 38.2 Å². The Morgan fingerprint density at radius 1 is 0.781 bits per heavy atom. The standard InChI is InChI=1S/C48H71N7O8S/c1-30(2)26-39(43(58)55-45-49-25-23-34(7)64-45)52-42(57)37(22-17-24-50-46(60)62-29-36-20-15-12-16-21-36)51-44(59)40(31(3)4)54-41(56)33(6)27-32(5)38(28-35-18-13-11-14-19-35)53-47(61)63-48(8,9)10/h11-16,18-21,27,30-31,33-34,37-40H,17,22-26,28-29H2,1-10H3,(H,50,60)(H,51,59)(H,52,57)(H,53,61)(H,54,56)(H,49,55,58)/b32-27+/t33-,34?,37-,38-,39+,40+/m1/s1. The number of aliphatic imine (C=N–C) groups is 1. The van der Waals surface area contributed by atoms with Crippen LogP contribution in [-0.4, -0.2) is 89.1 Å². The molecule has 0 saturated heterocycles. The van der Waals surface area contributed by atoms with Gasteiger partial charge < -0.3 is 41.4 Å². The molecular formula is C48H71N7O8S. The normalized spacial score (nSPS) is 16.5. The van der Waals surface area contributed by atoms with Crippen LogP contribution >= 0.6 is 11.8 Å². The Hall–Kier alpha value is -5.38. The van der Waals surface area contributed by atoms with Crippen molar-refractivity contribution in [3.63, 3.8) is 0 Å². The fraction of sp³-hybridized carbons (Fsp3) is 0.562. The van der Waals surface area contributed by atoms with Gasteiger partial charge in [-0.25, -0.2) is 9.59 Å². The Morgan fingerprint density at radius 3 is 2.00 bits per heavy atom. The van der Waals surface area contributed by atoms with Crippen LogP contribution in [0.3, 0.4) is 0 Å². The minimum absolute atomic E-state index is 0.0389. The Balaban J connectivity index is 1.78. The first-order valence-electron chi connectivity index (χ1n) is 22.3. The van der Waals surface area contributed by atoms with Crippen LogP contribution < -0.4 is 31.9 Å². The summed E-state index contributed by atoms with van der Waals surface area (Å²) in [6.07, 6.45) is 2.58.